The molecule has 18 heavy (non-hydrogen) atoms. The molecule has 1 saturated heterocycles. The van der Waals surface area contributed by atoms with Gasteiger partial charge in [0.1, 0.15) is 11.9 Å². The normalized spacial score (nSPS) is 31.7. The topological polar surface area (TPSA) is 111 Å². The number of aromatic nitrogens is 2. The van der Waals surface area contributed by atoms with Crippen LogP contribution in [-0.2, 0) is 4.74 Å². The van der Waals surface area contributed by atoms with Crippen molar-refractivity contribution >= 4 is 28.3 Å². The quantitative estimate of drug-likeness (QED) is 0.418. The summed E-state index contributed by atoms with van der Waals surface area (Å²) >= 11 is 4.05. The van der Waals surface area contributed by atoms with Crippen LogP contribution in [0.15, 0.2) is 17.1 Å². The van der Waals surface area contributed by atoms with Gasteiger partial charge in [0.15, 0.2) is 6.23 Å². The number of ether oxygens (including phenoxy) is 1. The number of nitrogens with zero attached hydrogens (tertiary/aromatic N) is 2. The van der Waals surface area contributed by atoms with Crippen molar-refractivity contribution in [2.75, 3.05) is 12.3 Å². The summed E-state index contributed by atoms with van der Waals surface area (Å²) < 4.78 is 6.67. The SMILES string of the molecule is Nc1ccn([C@@H]2O[C@H](CO)[C@H](O)C2SS)c(=O)n1. The van der Waals surface area contributed by atoms with E-state index in [1.54, 1.807) is 0 Å². The van der Waals surface area contributed by atoms with E-state index in [2.05, 4.69) is 16.6 Å². The average molecular weight is 291 g/mol. The molecule has 2 rings (SSSR count). The molecule has 7 nitrogen and oxygen atoms in total. The summed E-state index contributed by atoms with van der Waals surface area (Å²) in [4.78, 5) is 15.3. The lowest BCUT2D eigenvalue weighted by atomic mass is 10.2. The summed E-state index contributed by atoms with van der Waals surface area (Å²) in [6.07, 6.45) is -0.949. The fourth-order valence-electron chi connectivity index (χ4n) is 1.83. The Kier molecular flexibility index (Phi) is 4.17. The molecule has 4 N–H and O–H groups in total. The predicted octanol–water partition coefficient (Wildman–Crippen LogP) is -0.977. The number of aliphatic hydroxyl groups is 2. The highest BCUT2D eigenvalue weighted by Gasteiger charge is 2.44. The Hall–Kier alpha value is -0.740. The van der Waals surface area contributed by atoms with Crippen LogP contribution in [0.3, 0.4) is 0 Å². The largest absolute Gasteiger partial charge is 0.394 e. The van der Waals surface area contributed by atoms with E-state index in [0.29, 0.717) is 0 Å². The second kappa shape index (κ2) is 5.49. The van der Waals surface area contributed by atoms with Crippen molar-refractivity contribution < 1.29 is 14.9 Å². The molecule has 0 radical (unpaired) electrons. The van der Waals surface area contributed by atoms with Crippen molar-refractivity contribution in [3.8, 4) is 0 Å². The summed E-state index contributed by atoms with van der Waals surface area (Å²) in [5.41, 5.74) is 4.83. The molecule has 9 heteroatoms. The first-order valence-corrected chi connectivity index (χ1v) is 7.11. The summed E-state index contributed by atoms with van der Waals surface area (Å²) in [6, 6.07) is 1.46. The fourth-order valence-corrected chi connectivity index (χ4v) is 3.11. The molecule has 0 amide bonds. The van der Waals surface area contributed by atoms with Crippen LogP contribution in [0, 0.1) is 0 Å². The smallest absolute Gasteiger partial charge is 0.351 e. The number of rotatable bonds is 3. The Morgan fingerprint density at radius 3 is 2.94 bits per heavy atom. The molecule has 100 valence electrons. The van der Waals surface area contributed by atoms with Gasteiger partial charge >= 0.3 is 5.69 Å². The van der Waals surface area contributed by atoms with Crippen LogP contribution in [0.5, 0.6) is 0 Å². The first kappa shape index (κ1) is 13.7. The second-order valence-electron chi connectivity index (χ2n) is 3.85. The van der Waals surface area contributed by atoms with E-state index in [1.165, 1.54) is 16.8 Å². The minimum atomic E-state index is -0.910. The monoisotopic (exact) mass is 291 g/mol. The lowest BCUT2D eigenvalue weighted by Crippen LogP contribution is -2.33. The summed E-state index contributed by atoms with van der Waals surface area (Å²) in [5, 5.41) is 18.5. The second-order valence-corrected chi connectivity index (χ2v) is 5.24. The van der Waals surface area contributed by atoms with E-state index in [4.69, 9.17) is 15.6 Å². The molecule has 1 fully saturated rings. The molecular formula is C9H13N3O4S2. The first-order valence-electron chi connectivity index (χ1n) is 5.17. The van der Waals surface area contributed by atoms with Crippen molar-refractivity contribution in [1.29, 1.82) is 0 Å². The lowest BCUT2D eigenvalue weighted by molar-refractivity contribution is -0.0456. The molecule has 1 aromatic heterocycles. The van der Waals surface area contributed by atoms with Crippen LogP contribution >= 0.6 is 22.5 Å². The zero-order valence-electron chi connectivity index (χ0n) is 9.21. The molecule has 0 bridgehead atoms. The summed E-state index contributed by atoms with van der Waals surface area (Å²) in [7, 11) is 1.07. The molecule has 1 aliphatic rings. The van der Waals surface area contributed by atoms with E-state index >= 15 is 0 Å². The van der Waals surface area contributed by atoms with Gasteiger partial charge in [-0.15, -0.1) is 11.7 Å². The van der Waals surface area contributed by atoms with Crippen molar-refractivity contribution in [2.45, 2.75) is 23.7 Å². The Labute approximate surface area is 112 Å². The molecule has 0 aromatic carbocycles. The van der Waals surface area contributed by atoms with E-state index in [0.717, 1.165) is 10.8 Å². The average Bonchev–Trinajstić information content (AvgIpc) is 2.65. The lowest BCUT2D eigenvalue weighted by Gasteiger charge is -2.19. The Morgan fingerprint density at radius 1 is 1.67 bits per heavy atom. The summed E-state index contributed by atoms with van der Waals surface area (Å²) in [5.74, 6) is 0.114. The standard InChI is InChI=1S/C9H13N3O4S2/c10-5-1-2-12(9(15)11-5)8-7(18-17)6(14)4(3-13)16-8/h1-2,4,6-8,13-14,17H,3H2,(H2,10,11,15)/t4-,6+,7?,8-/m1/s1. The van der Waals surface area contributed by atoms with Crippen LogP contribution in [0.4, 0.5) is 5.82 Å². The fraction of sp³-hybridized carbons (Fsp3) is 0.556. The Balaban J connectivity index is 2.35. The van der Waals surface area contributed by atoms with Crippen molar-refractivity contribution in [1.82, 2.24) is 9.55 Å². The molecule has 0 saturated carbocycles. The maximum absolute atomic E-state index is 11.7. The third-order valence-corrected chi connectivity index (χ3v) is 4.23. The van der Waals surface area contributed by atoms with Gasteiger partial charge in [-0.05, 0) is 6.07 Å². The zero-order chi connectivity index (χ0) is 13.3. The number of thiol groups is 1. The van der Waals surface area contributed by atoms with Gasteiger partial charge in [0, 0.05) is 6.20 Å². The van der Waals surface area contributed by atoms with Crippen LogP contribution < -0.4 is 11.4 Å². The molecule has 0 aliphatic carbocycles. The number of aliphatic hydroxyl groups excluding tert-OH is 2. The van der Waals surface area contributed by atoms with Gasteiger partial charge < -0.3 is 20.7 Å². The van der Waals surface area contributed by atoms with E-state index in [9.17, 15) is 9.90 Å². The minimum absolute atomic E-state index is 0.114. The maximum Gasteiger partial charge on any atom is 0.351 e. The van der Waals surface area contributed by atoms with Gasteiger partial charge in [0.2, 0.25) is 0 Å². The molecule has 1 aliphatic heterocycles. The number of anilines is 1. The number of nitrogens with two attached hydrogens (primary N) is 1. The maximum atomic E-state index is 11.7. The van der Waals surface area contributed by atoms with Gasteiger partial charge in [0.25, 0.3) is 0 Å². The highest BCUT2D eigenvalue weighted by atomic mass is 33.1. The van der Waals surface area contributed by atoms with Crippen molar-refractivity contribution in [3.63, 3.8) is 0 Å². The van der Waals surface area contributed by atoms with Gasteiger partial charge in [-0.3, -0.25) is 4.57 Å². The molecule has 0 spiro atoms. The number of hydrogen-bond acceptors (Lipinski definition) is 8. The van der Waals surface area contributed by atoms with E-state index in [-0.39, 0.29) is 12.4 Å². The third kappa shape index (κ3) is 2.36. The Bertz CT molecular complexity index is 483. The summed E-state index contributed by atoms with van der Waals surface area (Å²) in [6.45, 7) is -0.334. The molecular weight excluding hydrogens is 278 g/mol. The molecule has 2 heterocycles. The highest BCUT2D eigenvalue weighted by Crippen LogP contribution is 2.38. The zero-order valence-corrected chi connectivity index (χ0v) is 10.9. The number of hydrogen-bond donors (Lipinski definition) is 4. The van der Waals surface area contributed by atoms with Crippen molar-refractivity contribution in [2.24, 2.45) is 0 Å². The van der Waals surface area contributed by atoms with Gasteiger partial charge in [0.05, 0.1) is 18.0 Å². The van der Waals surface area contributed by atoms with Crippen LogP contribution in [0.25, 0.3) is 0 Å². The number of nitrogen functional groups attached to an aromatic ring is 1. The van der Waals surface area contributed by atoms with E-state index < -0.39 is 29.4 Å². The van der Waals surface area contributed by atoms with Gasteiger partial charge in [-0.2, -0.15) is 4.98 Å². The van der Waals surface area contributed by atoms with Crippen molar-refractivity contribution in [3.05, 3.63) is 22.7 Å². The Morgan fingerprint density at radius 2 is 2.39 bits per heavy atom. The minimum Gasteiger partial charge on any atom is -0.394 e. The first-order chi connectivity index (χ1) is 8.58. The van der Waals surface area contributed by atoms with E-state index in [1.807, 2.05) is 0 Å². The van der Waals surface area contributed by atoms with Crippen LogP contribution in [0.1, 0.15) is 6.23 Å². The van der Waals surface area contributed by atoms with Gasteiger partial charge in [-0.25, -0.2) is 4.79 Å². The van der Waals surface area contributed by atoms with Crippen LogP contribution in [-0.4, -0.2) is 43.8 Å². The molecule has 1 unspecified atom stereocenters. The third-order valence-electron chi connectivity index (χ3n) is 2.74. The molecule has 1 aromatic rings. The molecule has 4 atom stereocenters. The highest BCUT2D eigenvalue weighted by molar-refractivity contribution is 8.68. The predicted molar refractivity (Wildman–Crippen MR) is 70.3 cm³/mol. The van der Waals surface area contributed by atoms with Gasteiger partial charge in [-0.1, -0.05) is 10.8 Å². The van der Waals surface area contributed by atoms with Crippen LogP contribution in [0.2, 0.25) is 0 Å².